The van der Waals surface area contributed by atoms with Gasteiger partial charge in [0.2, 0.25) is 0 Å². The maximum atomic E-state index is 9.40. The largest absolute Gasteiger partial charge is 0.398 e. The van der Waals surface area contributed by atoms with E-state index in [1.165, 1.54) is 11.1 Å². The Balaban J connectivity index is 2.06. The third kappa shape index (κ3) is 2.35. The Morgan fingerprint density at radius 3 is 3.00 bits per heavy atom. The predicted molar refractivity (Wildman–Crippen MR) is 62.9 cm³/mol. The highest BCUT2D eigenvalue weighted by Crippen LogP contribution is 2.23. The molecule has 0 bridgehead atoms. The first kappa shape index (κ1) is 11.4. The summed E-state index contributed by atoms with van der Waals surface area (Å²) in [6.07, 6.45) is 0.266. The second kappa shape index (κ2) is 4.82. The van der Waals surface area contributed by atoms with Crippen molar-refractivity contribution in [2.45, 2.75) is 19.1 Å². The Morgan fingerprint density at radius 1 is 1.44 bits per heavy atom. The van der Waals surface area contributed by atoms with Gasteiger partial charge in [-0.1, -0.05) is 12.1 Å². The Hall–Kier alpha value is -1.10. The molecule has 0 saturated carbocycles. The van der Waals surface area contributed by atoms with Crippen LogP contribution in [0.5, 0.6) is 0 Å². The van der Waals surface area contributed by atoms with E-state index in [-0.39, 0.29) is 6.61 Å². The number of hydrogen-bond donors (Lipinski definition) is 3. The second-order valence-electron chi connectivity index (χ2n) is 4.31. The number of fused-ring (bicyclic) bond motifs is 1. The molecule has 1 aliphatic heterocycles. The van der Waals surface area contributed by atoms with Crippen LogP contribution in [0.3, 0.4) is 0 Å². The molecular weight excluding hydrogens is 204 g/mol. The summed E-state index contributed by atoms with van der Waals surface area (Å²) in [4.78, 5) is 2.14. The van der Waals surface area contributed by atoms with E-state index in [9.17, 15) is 5.11 Å². The van der Waals surface area contributed by atoms with Gasteiger partial charge >= 0.3 is 0 Å². The van der Waals surface area contributed by atoms with Crippen LogP contribution >= 0.6 is 0 Å². The number of anilines is 1. The first-order valence-corrected chi connectivity index (χ1v) is 5.58. The molecule has 16 heavy (non-hydrogen) atoms. The van der Waals surface area contributed by atoms with E-state index in [1.807, 2.05) is 12.1 Å². The smallest absolute Gasteiger partial charge is 0.0897 e. The normalized spacial score (nSPS) is 18.1. The van der Waals surface area contributed by atoms with Gasteiger partial charge < -0.3 is 15.9 Å². The van der Waals surface area contributed by atoms with Gasteiger partial charge in [0.1, 0.15) is 0 Å². The molecule has 4 N–H and O–H groups in total. The van der Waals surface area contributed by atoms with Gasteiger partial charge in [-0.25, -0.2) is 0 Å². The number of nitrogens with two attached hydrogens (primary N) is 1. The first-order valence-electron chi connectivity index (χ1n) is 5.58. The zero-order chi connectivity index (χ0) is 11.5. The SMILES string of the molecule is Nc1cccc2c1CCN(CC(O)CO)C2. The maximum Gasteiger partial charge on any atom is 0.0897 e. The molecule has 0 fully saturated rings. The van der Waals surface area contributed by atoms with Crippen molar-refractivity contribution in [3.63, 3.8) is 0 Å². The topological polar surface area (TPSA) is 69.7 Å². The molecular formula is C12H18N2O2. The van der Waals surface area contributed by atoms with Gasteiger partial charge in [0.05, 0.1) is 12.7 Å². The second-order valence-corrected chi connectivity index (χ2v) is 4.31. The molecule has 2 rings (SSSR count). The molecule has 0 spiro atoms. The van der Waals surface area contributed by atoms with Crippen LogP contribution in [-0.2, 0) is 13.0 Å². The summed E-state index contributed by atoms with van der Waals surface area (Å²) in [6.45, 7) is 2.03. The molecule has 1 unspecified atom stereocenters. The maximum absolute atomic E-state index is 9.40. The lowest BCUT2D eigenvalue weighted by molar-refractivity contribution is 0.0551. The third-order valence-corrected chi connectivity index (χ3v) is 3.06. The van der Waals surface area contributed by atoms with Crippen LogP contribution in [-0.4, -0.2) is 40.9 Å². The molecule has 0 amide bonds. The standard InChI is InChI=1S/C12H18N2O2/c13-12-3-1-2-9-6-14(5-4-11(9)12)7-10(16)8-15/h1-3,10,15-16H,4-8,13H2. The Kier molecular flexibility index (Phi) is 3.43. The average Bonchev–Trinajstić information content (AvgIpc) is 2.29. The summed E-state index contributed by atoms with van der Waals surface area (Å²) in [5.41, 5.74) is 9.23. The monoisotopic (exact) mass is 222 g/mol. The summed E-state index contributed by atoms with van der Waals surface area (Å²) in [7, 11) is 0. The molecule has 0 saturated heterocycles. The fraction of sp³-hybridized carbons (Fsp3) is 0.500. The minimum atomic E-state index is -0.650. The minimum absolute atomic E-state index is 0.180. The van der Waals surface area contributed by atoms with Gasteiger partial charge in [-0.2, -0.15) is 0 Å². The lowest BCUT2D eigenvalue weighted by Gasteiger charge is -2.30. The molecule has 4 heteroatoms. The molecule has 88 valence electrons. The highest BCUT2D eigenvalue weighted by molar-refractivity contribution is 5.51. The van der Waals surface area contributed by atoms with Crippen molar-refractivity contribution in [1.29, 1.82) is 0 Å². The zero-order valence-electron chi connectivity index (χ0n) is 9.26. The van der Waals surface area contributed by atoms with E-state index in [2.05, 4.69) is 11.0 Å². The highest BCUT2D eigenvalue weighted by Gasteiger charge is 2.19. The van der Waals surface area contributed by atoms with Gasteiger partial charge in [0.25, 0.3) is 0 Å². The molecule has 1 aromatic rings. The lowest BCUT2D eigenvalue weighted by Crippen LogP contribution is -2.38. The van der Waals surface area contributed by atoms with Gasteiger partial charge in [-0.15, -0.1) is 0 Å². The van der Waals surface area contributed by atoms with E-state index in [4.69, 9.17) is 10.8 Å². The van der Waals surface area contributed by atoms with Gasteiger partial charge in [-0.3, -0.25) is 4.90 Å². The number of nitrogen functional groups attached to an aromatic ring is 1. The van der Waals surface area contributed by atoms with Crippen molar-refractivity contribution >= 4 is 5.69 Å². The van der Waals surface area contributed by atoms with Crippen LogP contribution in [0.25, 0.3) is 0 Å². The first-order chi connectivity index (χ1) is 7.70. The number of rotatable bonds is 3. The molecule has 1 aromatic carbocycles. The average molecular weight is 222 g/mol. The number of benzene rings is 1. The fourth-order valence-electron chi connectivity index (χ4n) is 2.21. The van der Waals surface area contributed by atoms with E-state index < -0.39 is 6.10 Å². The zero-order valence-corrected chi connectivity index (χ0v) is 9.26. The number of hydrogen-bond acceptors (Lipinski definition) is 4. The Labute approximate surface area is 95.3 Å². The van der Waals surface area contributed by atoms with Crippen molar-refractivity contribution in [3.8, 4) is 0 Å². The molecule has 0 radical (unpaired) electrons. The number of nitrogens with zero attached hydrogens (tertiary/aromatic N) is 1. The number of aliphatic hydroxyl groups is 2. The van der Waals surface area contributed by atoms with Crippen molar-refractivity contribution in [1.82, 2.24) is 4.90 Å². The molecule has 1 aliphatic rings. The van der Waals surface area contributed by atoms with Gasteiger partial charge in [0, 0.05) is 25.3 Å². The molecule has 0 aromatic heterocycles. The third-order valence-electron chi connectivity index (χ3n) is 3.06. The summed E-state index contributed by atoms with van der Waals surface area (Å²) >= 11 is 0. The summed E-state index contributed by atoms with van der Waals surface area (Å²) < 4.78 is 0. The Morgan fingerprint density at radius 2 is 2.25 bits per heavy atom. The van der Waals surface area contributed by atoms with Crippen molar-refractivity contribution < 1.29 is 10.2 Å². The quantitative estimate of drug-likeness (QED) is 0.629. The van der Waals surface area contributed by atoms with Gasteiger partial charge in [-0.05, 0) is 23.6 Å². The van der Waals surface area contributed by atoms with E-state index >= 15 is 0 Å². The van der Waals surface area contributed by atoms with Gasteiger partial charge in [0.15, 0.2) is 0 Å². The van der Waals surface area contributed by atoms with Crippen LogP contribution in [0.4, 0.5) is 5.69 Å². The van der Waals surface area contributed by atoms with Crippen LogP contribution in [0, 0.1) is 0 Å². The van der Waals surface area contributed by atoms with Crippen molar-refractivity contribution in [2.24, 2.45) is 0 Å². The molecule has 4 nitrogen and oxygen atoms in total. The van der Waals surface area contributed by atoms with Crippen molar-refractivity contribution in [2.75, 3.05) is 25.4 Å². The highest BCUT2D eigenvalue weighted by atomic mass is 16.3. The molecule has 1 heterocycles. The van der Waals surface area contributed by atoms with Crippen LogP contribution in [0.2, 0.25) is 0 Å². The van der Waals surface area contributed by atoms with Crippen LogP contribution in [0.15, 0.2) is 18.2 Å². The lowest BCUT2D eigenvalue weighted by atomic mass is 9.98. The van der Waals surface area contributed by atoms with Crippen LogP contribution in [0.1, 0.15) is 11.1 Å². The van der Waals surface area contributed by atoms with E-state index in [1.54, 1.807) is 0 Å². The summed E-state index contributed by atoms with van der Waals surface area (Å²) in [5, 5.41) is 18.2. The molecule has 1 atom stereocenters. The minimum Gasteiger partial charge on any atom is -0.398 e. The summed E-state index contributed by atoms with van der Waals surface area (Å²) in [6, 6.07) is 5.96. The number of β-amino-alcohol motifs (C(OH)–C–C–N with tert-alkyl or cyclic N) is 1. The summed E-state index contributed by atoms with van der Waals surface area (Å²) in [5.74, 6) is 0. The van der Waals surface area contributed by atoms with E-state index in [0.29, 0.717) is 6.54 Å². The number of aliphatic hydroxyl groups excluding tert-OH is 2. The Bertz CT molecular complexity index is 368. The van der Waals surface area contributed by atoms with E-state index in [0.717, 1.165) is 25.2 Å². The predicted octanol–water partition coefficient (Wildman–Crippen LogP) is -0.0199. The van der Waals surface area contributed by atoms with Crippen molar-refractivity contribution in [3.05, 3.63) is 29.3 Å². The molecule has 0 aliphatic carbocycles. The van der Waals surface area contributed by atoms with Crippen LogP contribution < -0.4 is 5.73 Å². The fourth-order valence-corrected chi connectivity index (χ4v) is 2.21.